The second-order valence-electron chi connectivity index (χ2n) is 3.20. The first-order valence-corrected chi connectivity index (χ1v) is 4.95. The largest absolute Gasteiger partial charge is 0.339 e. The van der Waals surface area contributed by atoms with E-state index >= 15 is 0 Å². The summed E-state index contributed by atoms with van der Waals surface area (Å²) in [6.07, 6.45) is 0. The van der Waals surface area contributed by atoms with Gasteiger partial charge in [-0.2, -0.15) is 5.10 Å². The molecule has 0 atom stereocenters. The fourth-order valence-electron chi connectivity index (χ4n) is 1.18. The molecule has 0 aliphatic carbocycles. The van der Waals surface area contributed by atoms with E-state index in [1.54, 1.807) is 0 Å². The van der Waals surface area contributed by atoms with Gasteiger partial charge >= 0.3 is 0 Å². The van der Waals surface area contributed by atoms with Gasteiger partial charge in [-0.25, -0.2) is 0 Å². The van der Waals surface area contributed by atoms with Crippen LogP contribution in [0.3, 0.4) is 0 Å². The Bertz CT molecular complexity index is 454. The molecule has 0 saturated carbocycles. The summed E-state index contributed by atoms with van der Waals surface area (Å²) in [5.74, 6) is 0.711. The Morgan fingerprint density at radius 3 is 2.67 bits per heavy atom. The maximum atomic E-state index is 5.86. The van der Waals surface area contributed by atoms with Crippen LogP contribution in [0.5, 0.6) is 0 Å². The molecule has 0 aliphatic rings. The van der Waals surface area contributed by atoms with Crippen molar-refractivity contribution in [2.24, 2.45) is 0 Å². The van der Waals surface area contributed by atoms with Gasteiger partial charge in [-0.3, -0.25) is 0 Å². The second-order valence-corrected chi connectivity index (χ2v) is 3.63. The van der Waals surface area contributed by atoms with Gasteiger partial charge in [0.2, 0.25) is 0 Å². The van der Waals surface area contributed by atoms with Gasteiger partial charge in [0.05, 0.1) is 5.69 Å². The fourth-order valence-corrected chi connectivity index (χ4v) is 1.37. The van der Waals surface area contributed by atoms with Crippen molar-refractivity contribution in [3.63, 3.8) is 0 Å². The summed E-state index contributed by atoms with van der Waals surface area (Å²) >= 11 is 5.86. The molecule has 0 unspecified atom stereocenters. The zero-order chi connectivity index (χ0) is 10.7. The molecule has 0 aliphatic heterocycles. The molecule has 0 spiro atoms. The number of aryl methyl sites for hydroxylation is 1. The molecular weight excluding hydrogens is 210 g/mol. The molecule has 76 valence electrons. The number of rotatable bonds is 2. The van der Waals surface area contributed by atoms with Crippen LogP contribution in [0.1, 0.15) is 5.69 Å². The third-order valence-corrected chi connectivity index (χ3v) is 2.13. The highest BCUT2D eigenvalue weighted by atomic mass is 35.5. The predicted octanol–water partition coefficient (Wildman–Crippen LogP) is 3.18. The number of halogens is 1. The Morgan fingerprint density at radius 1 is 1.13 bits per heavy atom. The molecular formula is C11H10ClN3. The van der Waals surface area contributed by atoms with Crippen molar-refractivity contribution >= 4 is 23.1 Å². The van der Waals surface area contributed by atoms with E-state index in [-0.39, 0.29) is 0 Å². The SMILES string of the molecule is Cc1ccc(Nc2cccc(Cl)c2)nn1. The van der Waals surface area contributed by atoms with E-state index in [0.717, 1.165) is 11.4 Å². The Morgan fingerprint density at radius 2 is 2.00 bits per heavy atom. The van der Waals surface area contributed by atoms with Crippen LogP contribution in [0, 0.1) is 6.92 Å². The van der Waals surface area contributed by atoms with Crippen molar-refractivity contribution in [1.29, 1.82) is 0 Å². The normalized spacial score (nSPS) is 10.0. The molecule has 1 aromatic carbocycles. The number of benzene rings is 1. The van der Waals surface area contributed by atoms with E-state index in [0.29, 0.717) is 10.8 Å². The molecule has 4 heteroatoms. The first-order valence-electron chi connectivity index (χ1n) is 4.57. The van der Waals surface area contributed by atoms with E-state index in [1.165, 1.54) is 0 Å². The van der Waals surface area contributed by atoms with Crippen LogP contribution in [0.15, 0.2) is 36.4 Å². The maximum absolute atomic E-state index is 5.86. The molecule has 15 heavy (non-hydrogen) atoms. The van der Waals surface area contributed by atoms with E-state index in [4.69, 9.17) is 11.6 Å². The molecule has 1 N–H and O–H groups in total. The van der Waals surface area contributed by atoms with Crippen LogP contribution in [0.2, 0.25) is 5.02 Å². The molecule has 2 aromatic rings. The number of nitrogens with zero attached hydrogens (tertiary/aromatic N) is 2. The highest BCUT2D eigenvalue weighted by Gasteiger charge is 1.96. The topological polar surface area (TPSA) is 37.8 Å². The summed E-state index contributed by atoms with van der Waals surface area (Å²) < 4.78 is 0. The summed E-state index contributed by atoms with van der Waals surface area (Å²) in [7, 11) is 0. The lowest BCUT2D eigenvalue weighted by molar-refractivity contribution is 0.986. The number of nitrogens with one attached hydrogen (secondary N) is 1. The number of hydrogen-bond donors (Lipinski definition) is 1. The smallest absolute Gasteiger partial charge is 0.153 e. The summed E-state index contributed by atoms with van der Waals surface area (Å²) in [4.78, 5) is 0. The van der Waals surface area contributed by atoms with E-state index < -0.39 is 0 Å². The summed E-state index contributed by atoms with van der Waals surface area (Å²) in [6.45, 7) is 1.90. The summed E-state index contributed by atoms with van der Waals surface area (Å²) in [5.41, 5.74) is 1.80. The van der Waals surface area contributed by atoms with Gasteiger partial charge < -0.3 is 5.32 Å². The minimum absolute atomic E-state index is 0.695. The zero-order valence-electron chi connectivity index (χ0n) is 8.24. The van der Waals surface area contributed by atoms with Gasteiger partial charge in [0.25, 0.3) is 0 Å². The first kappa shape index (κ1) is 9.93. The average Bonchev–Trinajstić information content (AvgIpc) is 2.22. The van der Waals surface area contributed by atoms with Crippen LogP contribution in [-0.4, -0.2) is 10.2 Å². The minimum atomic E-state index is 0.695. The lowest BCUT2D eigenvalue weighted by Gasteiger charge is -2.04. The van der Waals surface area contributed by atoms with Gasteiger partial charge in [-0.1, -0.05) is 17.7 Å². The van der Waals surface area contributed by atoms with Gasteiger partial charge in [-0.05, 0) is 37.3 Å². The number of hydrogen-bond acceptors (Lipinski definition) is 3. The van der Waals surface area contributed by atoms with Crippen LogP contribution in [-0.2, 0) is 0 Å². The average molecular weight is 220 g/mol. The number of aromatic nitrogens is 2. The first-order chi connectivity index (χ1) is 7.24. The highest BCUT2D eigenvalue weighted by Crippen LogP contribution is 2.18. The minimum Gasteiger partial charge on any atom is -0.339 e. The van der Waals surface area contributed by atoms with Crippen LogP contribution >= 0.6 is 11.6 Å². The maximum Gasteiger partial charge on any atom is 0.153 e. The Kier molecular flexibility index (Phi) is 2.83. The van der Waals surface area contributed by atoms with Crippen molar-refractivity contribution < 1.29 is 0 Å². The highest BCUT2D eigenvalue weighted by molar-refractivity contribution is 6.30. The monoisotopic (exact) mass is 219 g/mol. The quantitative estimate of drug-likeness (QED) is 0.843. The summed E-state index contributed by atoms with van der Waals surface area (Å²) in [6, 6.07) is 11.2. The fraction of sp³-hybridized carbons (Fsp3) is 0.0909. The summed E-state index contributed by atoms with van der Waals surface area (Å²) in [5, 5.41) is 11.8. The van der Waals surface area contributed by atoms with Crippen LogP contribution < -0.4 is 5.32 Å². The lowest BCUT2D eigenvalue weighted by Crippen LogP contribution is -1.95. The predicted molar refractivity (Wildman–Crippen MR) is 61.5 cm³/mol. The van der Waals surface area contributed by atoms with Crippen molar-refractivity contribution in [2.45, 2.75) is 6.92 Å². The molecule has 0 radical (unpaired) electrons. The van der Waals surface area contributed by atoms with Crippen LogP contribution in [0.4, 0.5) is 11.5 Å². The third kappa shape index (κ3) is 2.67. The molecule has 1 heterocycles. The van der Waals surface area contributed by atoms with Crippen molar-refractivity contribution in [3.05, 3.63) is 47.1 Å². The van der Waals surface area contributed by atoms with Gasteiger partial charge in [0.15, 0.2) is 5.82 Å². The van der Waals surface area contributed by atoms with Crippen LogP contribution in [0.25, 0.3) is 0 Å². The molecule has 3 nitrogen and oxygen atoms in total. The van der Waals surface area contributed by atoms with Gasteiger partial charge in [0, 0.05) is 10.7 Å². The Balaban J connectivity index is 2.18. The standard InChI is InChI=1S/C11H10ClN3/c1-8-5-6-11(15-14-8)13-10-4-2-3-9(12)7-10/h2-7H,1H3,(H,13,15). The molecule has 0 bridgehead atoms. The van der Waals surface area contributed by atoms with Crippen molar-refractivity contribution in [1.82, 2.24) is 10.2 Å². The number of anilines is 2. The van der Waals surface area contributed by atoms with E-state index in [1.807, 2.05) is 43.3 Å². The molecule has 0 amide bonds. The van der Waals surface area contributed by atoms with E-state index in [2.05, 4.69) is 15.5 Å². The van der Waals surface area contributed by atoms with E-state index in [9.17, 15) is 0 Å². The zero-order valence-corrected chi connectivity index (χ0v) is 8.99. The Hall–Kier alpha value is -1.61. The Labute approximate surface area is 93.1 Å². The molecule has 2 rings (SSSR count). The van der Waals surface area contributed by atoms with Crippen molar-refractivity contribution in [2.75, 3.05) is 5.32 Å². The molecule has 0 saturated heterocycles. The van der Waals surface area contributed by atoms with Gasteiger partial charge in [0.1, 0.15) is 0 Å². The lowest BCUT2D eigenvalue weighted by atomic mass is 10.3. The molecule has 1 aromatic heterocycles. The third-order valence-electron chi connectivity index (χ3n) is 1.89. The molecule has 0 fully saturated rings. The van der Waals surface area contributed by atoms with Crippen molar-refractivity contribution in [3.8, 4) is 0 Å². The van der Waals surface area contributed by atoms with Gasteiger partial charge in [-0.15, -0.1) is 5.10 Å². The second kappa shape index (κ2) is 4.28.